The fourth-order valence-electron chi connectivity index (χ4n) is 1.44. The molecule has 1 radical (unpaired) electrons. The minimum Gasteiger partial charge on any atom is -0.549 e. The quantitative estimate of drug-likeness (QED) is 0.277. The van der Waals surface area contributed by atoms with Crippen molar-refractivity contribution in [2.45, 2.75) is 0 Å². The topological polar surface area (TPSA) is 219 Å². The number of rotatable bonds is 12. The van der Waals surface area contributed by atoms with E-state index in [2.05, 4.69) is 0 Å². The molecule has 0 amide bonds. The van der Waals surface area contributed by atoms with Crippen LogP contribution in [0.5, 0.6) is 0 Å². The van der Waals surface area contributed by atoms with E-state index in [1.807, 2.05) is 0 Å². The Morgan fingerprint density at radius 1 is 0.615 bits per heavy atom. The van der Waals surface area contributed by atoms with Crippen molar-refractivity contribution in [3.05, 3.63) is 0 Å². The molecule has 12 nitrogen and oxygen atoms in total. The molecule has 0 unspecified atom stereocenters. The van der Waals surface area contributed by atoms with Crippen LogP contribution < -0.4 is 61.5 Å². The molecule has 14 heteroatoms. The van der Waals surface area contributed by atoms with Crippen LogP contribution in [-0.4, -0.2) is 86.0 Å². The number of carboxylic acid groups (broad SMARTS) is 4. The van der Waals surface area contributed by atoms with Crippen molar-refractivity contribution in [3.63, 3.8) is 0 Å². The van der Waals surface area contributed by atoms with Gasteiger partial charge >= 0.3 is 46.6 Å². The zero-order valence-electron chi connectivity index (χ0n) is 14.3. The summed E-state index contributed by atoms with van der Waals surface area (Å²) in [4.78, 5) is 43.4. The second kappa shape index (κ2) is 20.6. The fraction of sp³-hybridized carbons (Fsp3) is 0.667. The van der Waals surface area contributed by atoms with Gasteiger partial charge in [-0.05, 0) is 0 Å². The van der Waals surface area contributed by atoms with Gasteiger partial charge in [-0.2, -0.15) is 0 Å². The molecule has 0 rings (SSSR count). The molecule has 0 saturated heterocycles. The minimum atomic E-state index is -1.53. The summed E-state index contributed by atoms with van der Waals surface area (Å²) in [7, 11) is 0. The standard InChI is InChI=1S/C10H16N2O8.C2H8N2.Fe.Na/c13-7(14)3-11(4-8(15)16)1-2-12(5-9(17)18)6-10(19)20;3-1-2-4;;/h1-6H2,(H,13,14)(H,15,16)(H,17,18)(H,19,20);1-4H2;;/q;;+3;+1/p-4. The summed E-state index contributed by atoms with van der Waals surface area (Å²) >= 11 is 0. The Kier molecular flexibility index (Phi) is 26.0. The second-order valence-electron chi connectivity index (χ2n) is 4.49. The zero-order chi connectivity index (χ0) is 19.1. The van der Waals surface area contributed by atoms with Crippen molar-refractivity contribution < 1.29 is 86.2 Å². The first-order chi connectivity index (χ1) is 11.1. The molecule has 0 bridgehead atoms. The van der Waals surface area contributed by atoms with Crippen LogP contribution in [0.2, 0.25) is 0 Å². The number of carboxylic acids is 4. The fourth-order valence-corrected chi connectivity index (χ4v) is 1.44. The van der Waals surface area contributed by atoms with Crippen molar-refractivity contribution in [1.29, 1.82) is 0 Å². The number of carbonyl (C=O) groups is 4. The third-order valence-corrected chi connectivity index (χ3v) is 2.31. The van der Waals surface area contributed by atoms with Crippen LogP contribution in [0.1, 0.15) is 0 Å². The van der Waals surface area contributed by atoms with Crippen LogP contribution in [0.4, 0.5) is 0 Å². The molecule has 0 aromatic heterocycles. The van der Waals surface area contributed by atoms with Gasteiger partial charge in [-0.25, -0.2) is 0 Å². The molecule has 0 spiro atoms. The average molecular weight is 427 g/mol. The van der Waals surface area contributed by atoms with Crippen LogP contribution >= 0.6 is 0 Å². The molecule has 0 aromatic carbocycles. The number of carbonyl (C=O) groups excluding carboxylic acids is 4. The maximum atomic E-state index is 10.4. The van der Waals surface area contributed by atoms with E-state index in [0.29, 0.717) is 13.1 Å². The molecule has 0 aliphatic carbocycles. The maximum absolute atomic E-state index is 10.4. The maximum Gasteiger partial charge on any atom is 3.00 e. The SMILES string of the molecule is NCCN.O=C([O-])CN(CCN(CC(=O)[O-])CC(=O)[O-])CC(=O)[O-].[Fe+3].[Na+]. The third kappa shape index (κ3) is 25.5. The third-order valence-electron chi connectivity index (χ3n) is 2.31. The van der Waals surface area contributed by atoms with Crippen LogP contribution in [0, 0.1) is 0 Å². The Labute approximate surface area is 183 Å². The van der Waals surface area contributed by atoms with E-state index < -0.39 is 50.1 Å². The van der Waals surface area contributed by atoms with Crippen LogP contribution in [-0.2, 0) is 36.2 Å². The molecule has 145 valence electrons. The van der Waals surface area contributed by atoms with Gasteiger partial charge in [0.2, 0.25) is 0 Å². The van der Waals surface area contributed by atoms with Crippen LogP contribution in [0.15, 0.2) is 0 Å². The summed E-state index contributed by atoms with van der Waals surface area (Å²) in [6.45, 7) is -2.06. The molecule has 0 atom stereocenters. The van der Waals surface area contributed by atoms with Gasteiger partial charge in [0, 0.05) is 52.4 Å². The second-order valence-corrected chi connectivity index (χ2v) is 4.49. The van der Waals surface area contributed by atoms with Crippen molar-refractivity contribution in [2.75, 3.05) is 52.4 Å². The van der Waals surface area contributed by atoms with Gasteiger partial charge in [0.15, 0.2) is 0 Å². The molecule has 26 heavy (non-hydrogen) atoms. The van der Waals surface area contributed by atoms with Crippen LogP contribution in [0.3, 0.4) is 0 Å². The van der Waals surface area contributed by atoms with Crippen molar-refractivity contribution in [2.24, 2.45) is 11.5 Å². The van der Waals surface area contributed by atoms with E-state index in [1.165, 1.54) is 0 Å². The Hall–Kier alpha value is -0.761. The van der Waals surface area contributed by atoms with Gasteiger partial charge in [-0.1, -0.05) is 0 Å². The molecule has 0 aliphatic heterocycles. The van der Waals surface area contributed by atoms with E-state index in [4.69, 9.17) is 11.5 Å². The van der Waals surface area contributed by atoms with Gasteiger partial charge in [0.05, 0.1) is 23.9 Å². The first-order valence-electron chi connectivity index (χ1n) is 6.76. The van der Waals surface area contributed by atoms with E-state index in [1.54, 1.807) is 0 Å². The summed E-state index contributed by atoms with van der Waals surface area (Å²) in [5.41, 5.74) is 9.81. The summed E-state index contributed by atoms with van der Waals surface area (Å²) in [5, 5.41) is 41.6. The van der Waals surface area contributed by atoms with Crippen LogP contribution in [0.25, 0.3) is 0 Å². The Balaban J connectivity index is -0.000000363. The van der Waals surface area contributed by atoms with Gasteiger partial charge in [-0.15, -0.1) is 0 Å². The average Bonchev–Trinajstić information content (AvgIpc) is 2.42. The molecule has 4 N–H and O–H groups in total. The predicted octanol–water partition coefficient (Wildman–Crippen LogP) is -11.5. The van der Waals surface area contributed by atoms with Crippen molar-refractivity contribution in [3.8, 4) is 0 Å². The number of hydrogen-bond acceptors (Lipinski definition) is 12. The first-order valence-corrected chi connectivity index (χ1v) is 6.76. The van der Waals surface area contributed by atoms with Gasteiger partial charge in [-0.3, -0.25) is 9.80 Å². The van der Waals surface area contributed by atoms with E-state index in [0.717, 1.165) is 9.80 Å². The normalized spacial score (nSPS) is 9.38. The van der Waals surface area contributed by atoms with Crippen molar-refractivity contribution in [1.82, 2.24) is 9.80 Å². The molecule has 0 heterocycles. The molecular weight excluding hydrogens is 407 g/mol. The Bertz CT molecular complexity index is 360. The monoisotopic (exact) mass is 427 g/mol. The molecular formula is C12H20FeN4NaO8. The Morgan fingerprint density at radius 3 is 0.923 bits per heavy atom. The van der Waals surface area contributed by atoms with Gasteiger partial charge < -0.3 is 51.1 Å². The number of nitrogens with zero attached hydrogens (tertiary/aromatic N) is 2. The van der Waals surface area contributed by atoms with E-state index >= 15 is 0 Å². The predicted molar refractivity (Wildman–Crippen MR) is 71.0 cm³/mol. The number of aliphatic carboxylic acids is 4. The van der Waals surface area contributed by atoms with Gasteiger partial charge in [0.1, 0.15) is 0 Å². The summed E-state index contributed by atoms with van der Waals surface area (Å²) in [5.74, 6) is -6.12. The molecule has 0 aromatic rings. The van der Waals surface area contributed by atoms with Crippen molar-refractivity contribution >= 4 is 23.9 Å². The molecule has 0 saturated carbocycles. The molecule has 0 aliphatic rings. The number of hydrogen-bond donors (Lipinski definition) is 2. The zero-order valence-corrected chi connectivity index (χ0v) is 17.4. The van der Waals surface area contributed by atoms with Gasteiger partial charge in [0.25, 0.3) is 0 Å². The smallest absolute Gasteiger partial charge is 0.549 e. The largest absolute Gasteiger partial charge is 3.00 e. The summed E-state index contributed by atoms with van der Waals surface area (Å²) < 4.78 is 0. The number of nitrogens with two attached hydrogens (primary N) is 2. The minimum absolute atomic E-state index is 0. The first kappa shape index (κ1) is 32.9. The summed E-state index contributed by atoms with van der Waals surface area (Å²) in [6, 6.07) is 0. The van der Waals surface area contributed by atoms with E-state index in [9.17, 15) is 39.6 Å². The molecule has 0 fully saturated rings. The van der Waals surface area contributed by atoms with E-state index in [-0.39, 0.29) is 59.7 Å². The summed E-state index contributed by atoms with van der Waals surface area (Å²) in [6.07, 6.45) is 0. The Morgan fingerprint density at radius 2 is 0.808 bits per heavy atom.